The Morgan fingerprint density at radius 2 is 2.05 bits per heavy atom. The van der Waals surface area contributed by atoms with E-state index in [1.54, 1.807) is 6.92 Å². The number of fused-ring (bicyclic) bond motifs is 2. The Bertz CT molecular complexity index is 851. The molecule has 1 aliphatic rings. The molecule has 110 valence electrons. The first kappa shape index (κ1) is 13.1. The topological polar surface area (TPSA) is 38.1 Å². The van der Waals surface area contributed by atoms with Crippen LogP contribution < -0.4 is 4.90 Å². The standard InChI is InChI=1S/C18H17N3O/c1-13(22)21-8-7-15-9-16-18(10-17(15)21)20(12-19-16)11-14-5-3-2-4-6-14/h2-6,9-10,12H,7-8,11H2,1H3. The Morgan fingerprint density at radius 3 is 2.82 bits per heavy atom. The van der Waals surface area contributed by atoms with Crippen molar-refractivity contribution in [2.75, 3.05) is 11.4 Å². The molecule has 4 rings (SSSR count). The van der Waals surface area contributed by atoms with Gasteiger partial charge in [-0.15, -0.1) is 0 Å². The number of carbonyl (C=O) groups excluding carboxylic acids is 1. The minimum Gasteiger partial charge on any atom is -0.326 e. The molecule has 0 aliphatic carbocycles. The normalized spacial score (nSPS) is 13.6. The number of hydrogen-bond acceptors (Lipinski definition) is 2. The highest BCUT2D eigenvalue weighted by Crippen LogP contribution is 2.32. The van der Waals surface area contributed by atoms with Gasteiger partial charge in [-0.3, -0.25) is 4.79 Å². The molecule has 1 aromatic heterocycles. The molecule has 2 heterocycles. The van der Waals surface area contributed by atoms with Gasteiger partial charge in [0, 0.05) is 25.7 Å². The van der Waals surface area contributed by atoms with E-state index in [9.17, 15) is 4.79 Å². The van der Waals surface area contributed by atoms with Crippen molar-refractivity contribution >= 4 is 22.6 Å². The molecule has 0 N–H and O–H groups in total. The predicted molar refractivity (Wildman–Crippen MR) is 87.0 cm³/mol. The fraction of sp³-hybridized carbons (Fsp3) is 0.222. The van der Waals surface area contributed by atoms with Crippen molar-refractivity contribution in [3.63, 3.8) is 0 Å². The van der Waals surface area contributed by atoms with Crippen molar-refractivity contribution in [3.8, 4) is 0 Å². The largest absolute Gasteiger partial charge is 0.326 e. The molecule has 22 heavy (non-hydrogen) atoms. The molecule has 2 aromatic carbocycles. The first-order valence-electron chi connectivity index (χ1n) is 7.52. The van der Waals surface area contributed by atoms with Gasteiger partial charge in [-0.1, -0.05) is 30.3 Å². The summed E-state index contributed by atoms with van der Waals surface area (Å²) < 4.78 is 2.14. The third-order valence-electron chi connectivity index (χ3n) is 4.29. The lowest BCUT2D eigenvalue weighted by Gasteiger charge is -2.15. The molecule has 3 aromatic rings. The Balaban J connectivity index is 1.78. The molecule has 0 spiro atoms. The quantitative estimate of drug-likeness (QED) is 0.728. The van der Waals surface area contributed by atoms with Gasteiger partial charge in [0.05, 0.1) is 17.4 Å². The van der Waals surface area contributed by atoms with Crippen LogP contribution in [0.2, 0.25) is 0 Å². The van der Waals surface area contributed by atoms with E-state index < -0.39 is 0 Å². The van der Waals surface area contributed by atoms with Crippen LogP contribution in [0.15, 0.2) is 48.8 Å². The number of rotatable bonds is 2. The molecule has 0 saturated carbocycles. The van der Waals surface area contributed by atoms with Crippen LogP contribution in [0.5, 0.6) is 0 Å². The molecule has 0 radical (unpaired) electrons. The van der Waals surface area contributed by atoms with Gasteiger partial charge in [-0.2, -0.15) is 0 Å². The van der Waals surface area contributed by atoms with E-state index in [1.807, 2.05) is 29.4 Å². The first-order chi connectivity index (χ1) is 10.7. The van der Waals surface area contributed by atoms with Gasteiger partial charge < -0.3 is 9.47 Å². The number of hydrogen-bond donors (Lipinski definition) is 0. The SMILES string of the molecule is CC(=O)N1CCc2cc3ncn(Cc4ccccc4)c3cc21. The van der Waals surface area contributed by atoms with Crippen molar-refractivity contribution in [3.05, 3.63) is 59.9 Å². The van der Waals surface area contributed by atoms with E-state index in [2.05, 4.69) is 33.8 Å². The Morgan fingerprint density at radius 1 is 1.23 bits per heavy atom. The Kier molecular flexibility index (Phi) is 2.96. The fourth-order valence-corrected chi connectivity index (χ4v) is 3.17. The van der Waals surface area contributed by atoms with Crippen LogP contribution in [0, 0.1) is 0 Å². The number of amides is 1. The van der Waals surface area contributed by atoms with E-state index in [0.717, 1.165) is 36.2 Å². The molecule has 4 nitrogen and oxygen atoms in total. The van der Waals surface area contributed by atoms with Gasteiger partial charge >= 0.3 is 0 Å². The average molecular weight is 291 g/mol. The molecule has 0 fully saturated rings. The number of nitrogens with zero attached hydrogens (tertiary/aromatic N) is 3. The molecule has 0 bridgehead atoms. The predicted octanol–water partition coefficient (Wildman–Crippen LogP) is 2.99. The molecule has 0 saturated heterocycles. The molecule has 1 amide bonds. The van der Waals surface area contributed by atoms with Crippen molar-refractivity contribution in [2.24, 2.45) is 0 Å². The van der Waals surface area contributed by atoms with Crippen LogP contribution in [0.25, 0.3) is 11.0 Å². The number of carbonyl (C=O) groups is 1. The summed E-state index contributed by atoms with van der Waals surface area (Å²) in [5.74, 6) is 0.104. The zero-order chi connectivity index (χ0) is 15.1. The van der Waals surface area contributed by atoms with E-state index in [-0.39, 0.29) is 5.91 Å². The van der Waals surface area contributed by atoms with E-state index in [4.69, 9.17) is 0 Å². The molecule has 0 atom stereocenters. The van der Waals surface area contributed by atoms with Crippen LogP contribution in [0.4, 0.5) is 5.69 Å². The second-order valence-electron chi connectivity index (χ2n) is 5.75. The highest BCUT2D eigenvalue weighted by Gasteiger charge is 2.23. The maximum atomic E-state index is 11.8. The first-order valence-corrected chi connectivity index (χ1v) is 7.52. The van der Waals surface area contributed by atoms with E-state index in [0.29, 0.717) is 0 Å². The summed E-state index contributed by atoms with van der Waals surface area (Å²) in [7, 11) is 0. The fourth-order valence-electron chi connectivity index (χ4n) is 3.17. The monoisotopic (exact) mass is 291 g/mol. The van der Waals surface area contributed by atoms with Crippen molar-refractivity contribution in [1.29, 1.82) is 0 Å². The second-order valence-corrected chi connectivity index (χ2v) is 5.75. The van der Waals surface area contributed by atoms with Gasteiger partial charge in [0.25, 0.3) is 0 Å². The number of anilines is 1. The molecular weight excluding hydrogens is 274 g/mol. The zero-order valence-electron chi connectivity index (χ0n) is 12.5. The van der Waals surface area contributed by atoms with Crippen molar-refractivity contribution < 1.29 is 4.79 Å². The number of benzene rings is 2. The van der Waals surface area contributed by atoms with Crippen LogP contribution in [-0.4, -0.2) is 22.0 Å². The second kappa shape index (κ2) is 4.98. The average Bonchev–Trinajstić information content (AvgIpc) is 3.10. The lowest BCUT2D eigenvalue weighted by molar-refractivity contribution is -0.116. The van der Waals surface area contributed by atoms with E-state index >= 15 is 0 Å². The third-order valence-corrected chi connectivity index (χ3v) is 4.29. The Hall–Kier alpha value is -2.62. The third kappa shape index (κ3) is 2.08. The van der Waals surface area contributed by atoms with Crippen LogP contribution in [0.1, 0.15) is 18.1 Å². The zero-order valence-corrected chi connectivity index (χ0v) is 12.5. The lowest BCUT2D eigenvalue weighted by atomic mass is 10.1. The summed E-state index contributed by atoms with van der Waals surface area (Å²) in [6.07, 6.45) is 2.79. The van der Waals surface area contributed by atoms with Crippen molar-refractivity contribution in [1.82, 2.24) is 9.55 Å². The van der Waals surface area contributed by atoms with Gasteiger partial charge in [0.2, 0.25) is 5.91 Å². The summed E-state index contributed by atoms with van der Waals surface area (Å²) in [5, 5.41) is 0. The molecule has 4 heteroatoms. The summed E-state index contributed by atoms with van der Waals surface area (Å²) in [4.78, 5) is 18.1. The van der Waals surface area contributed by atoms with Crippen LogP contribution in [-0.2, 0) is 17.8 Å². The van der Waals surface area contributed by atoms with Gasteiger partial charge in [-0.25, -0.2) is 4.98 Å². The van der Waals surface area contributed by atoms with Crippen LogP contribution in [0.3, 0.4) is 0 Å². The Labute approximate surface area is 129 Å². The number of aromatic nitrogens is 2. The van der Waals surface area contributed by atoms with Gasteiger partial charge in [-0.05, 0) is 29.7 Å². The van der Waals surface area contributed by atoms with Crippen molar-refractivity contribution in [2.45, 2.75) is 19.9 Å². The summed E-state index contributed by atoms with van der Waals surface area (Å²) in [5.41, 5.74) is 5.57. The highest BCUT2D eigenvalue weighted by molar-refractivity contribution is 5.96. The van der Waals surface area contributed by atoms with Gasteiger partial charge in [0.1, 0.15) is 0 Å². The van der Waals surface area contributed by atoms with Crippen LogP contribution >= 0.6 is 0 Å². The number of imidazole rings is 1. The lowest BCUT2D eigenvalue weighted by Crippen LogP contribution is -2.25. The smallest absolute Gasteiger partial charge is 0.223 e. The molecular formula is C18H17N3O. The highest BCUT2D eigenvalue weighted by atomic mass is 16.2. The van der Waals surface area contributed by atoms with E-state index in [1.165, 1.54) is 11.1 Å². The minimum absolute atomic E-state index is 0.104. The summed E-state index contributed by atoms with van der Waals surface area (Å²) >= 11 is 0. The minimum atomic E-state index is 0.104. The molecule has 1 aliphatic heterocycles. The molecule has 0 unspecified atom stereocenters. The summed E-state index contributed by atoms with van der Waals surface area (Å²) in [6, 6.07) is 14.6. The maximum absolute atomic E-state index is 11.8. The van der Waals surface area contributed by atoms with Gasteiger partial charge in [0.15, 0.2) is 0 Å². The summed E-state index contributed by atoms with van der Waals surface area (Å²) in [6.45, 7) is 3.19. The maximum Gasteiger partial charge on any atom is 0.223 e.